The van der Waals surface area contributed by atoms with Gasteiger partial charge in [0.25, 0.3) is 0 Å². The fourth-order valence-electron chi connectivity index (χ4n) is 3.02. The van der Waals surface area contributed by atoms with Crippen LogP contribution in [0.15, 0.2) is 17.5 Å². The van der Waals surface area contributed by atoms with Crippen molar-refractivity contribution in [3.8, 4) is 0 Å². The predicted molar refractivity (Wildman–Crippen MR) is 84.1 cm³/mol. The number of ether oxygens (including phenoxy) is 2. The van der Waals surface area contributed by atoms with E-state index in [4.69, 9.17) is 9.47 Å². The molecule has 3 nitrogen and oxygen atoms in total. The van der Waals surface area contributed by atoms with Gasteiger partial charge in [0.2, 0.25) is 0 Å². The average molecular weight is 297 g/mol. The molecule has 1 heterocycles. The van der Waals surface area contributed by atoms with Crippen molar-refractivity contribution in [2.75, 3.05) is 19.8 Å². The number of hydrogen-bond donors (Lipinski definition) is 1. The summed E-state index contributed by atoms with van der Waals surface area (Å²) in [7, 11) is 0. The van der Waals surface area contributed by atoms with Crippen molar-refractivity contribution in [3.63, 3.8) is 0 Å². The minimum atomic E-state index is -0.131. The van der Waals surface area contributed by atoms with Crippen LogP contribution in [0, 0.1) is 5.92 Å². The first-order valence-electron chi connectivity index (χ1n) is 7.85. The van der Waals surface area contributed by atoms with E-state index in [2.05, 4.69) is 22.8 Å². The molecule has 2 rings (SSSR count). The Hall–Kier alpha value is -0.420. The third kappa shape index (κ3) is 4.55. The Balaban J connectivity index is 1.93. The third-order valence-corrected chi connectivity index (χ3v) is 4.89. The lowest BCUT2D eigenvalue weighted by molar-refractivity contribution is -0.134. The van der Waals surface area contributed by atoms with Gasteiger partial charge >= 0.3 is 0 Å². The van der Waals surface area contributed by atoms with Crippen LogP contribution >= 0.6 is 11.3 Å². The van der Waals surface area contributed by atoms with Gasteiger partial charge in [-0.25, -0.2) is 0 Å². The molecule has 0 aromatic carbocycles. The van der Waals surface area contributed by atoms with Gasteiger partial charge < -0.3 is 14.8 Å². The predicted octanol–water partition coefficient (Wildman–Crippen LogP) is 3.97. The summed E-state index contributed by atoms with van der Waals surface area (Å²) >= 11 is 1.85. The zero-order valence-corrected chi connectivity index (χ0v) is 13.5. The van der Waals surface area contributed by atoms with Crippen molar-refractivity contribution in [1.29, 1.82) is 0 Å². The van der Waals surface area contributed by atoms with Gasteiger partial charge in [-0.05, 0) is 44.1 Å². The molecule has 0 saturated heterocycles. The standard InChI is InChI=1S/C16H27NO2S/c1-3-18-15(19-4-2)12-17-16(13-8-5-6-9-13)14-10-7-11-20-14/h7,10-11,13,15-17H,3-6,8-9,12H2,1-2H3. The first-order valence-corrected chi connectivity index (χ1v) is 8.73. The van der Waals surface area contributed by atoms with Crippen LogP contribution < -0.4 is 5.32 Å². The summed E-state index contributed by atoms with van der Waals surface area (Å²) in [5, 5.41) is 5.86. The Morgan fingerprint density at radius 3 is 2.50 bits per heavy atom. The fourth-order valence-corrected chi connectivity index (χ4v) is 3.91. The molecule has 114 valence electrons. The van der Waals surface area contributed by atoms with Crippen LogP contribution in [0.4, 0.5) is 0 Å². The molecule has 20 heavy (non-hydrogen) atoms. The minimum absolute atomic E-state index is 0.131. The van der Waals surface area contributed by atoms with Gasteiger partial charge in [-0.15, -0.1) is 11.3 Å². The fraction of sp³-hybridized carbons (Fsp3) is 0.750. The van der Waals surface area contributed by atoms with E-state index in [-0.39, 0.29) is 6.29 Å². The molecule has 4 heteroatoms. The summed E-state index contributed by atoms with van der Waals surface area (Å²) in [6, 6.07) is 4.85. The topological polar surface area (TPSA) is 30.5 Å². The Morgan fingerprint density at radius 1 is 1.25 bits per heavy atom. The van der Waals surface area contributed by atoms with E-state index in [9.17, 15) is 0 Å². The highest BCUT2D eigenvalue weighted by Crippen LogP contribution is 2.37. The minimum Gasteiger partial charge on any atom is -0.352 e. The number of rotatable bonds is 9. The monoisotopic (exact) mass is 297 g/mol. The molecule has 1 aromatic heterocycles. The van der Waals surface area contributed by atoms with Crippen molar-refractivity contribution in [2.45, 2.75) is 51.9 Å². The number of thiophene rings is 1. The molecule has 1 fully saturated rings. The second kappa shape index (κ2) is 8.78. The molecule has 1 aromatic rings. The summed E-state index contributed by atoms with van der Waals surface area (Å²) < 4.78 is 11.3. The van der Waals surface area contributed by atoms with Gasteiger partial charge in [-0.1, -0.05) is 18.9 Å². The lowest BCUT2D eigenvalue weighted by Gasteiger charge is -2.26. The molecule has 1 unspecified atom stereocenters. The van der Waals surface area contributed by atoms with Crippen LogP contribution in [0.1, 0.15) is 50.4 Å². The van der Waals surface area contributed by atoms with E-state index < -0.39 is 0 Å². The van der Waals surface area contributed by atoms with Crippen LogP contribution in [-0.4, -0.2) is 26.0 Å². The highest BCUT2D eigenvalue weighted by atomic mass is 32.1. The summed E-state index contributed by atoms with van der Waals surface area (Å²) in [5.41, 5.74) is 0. The maximum absolute atomic E-state index is 5.63. The zero-order chi connectivity index (χ0) is 14.2. The third-order valence-electron chi connectivity index (χ3n) is 3.93. The Kier molecular flexibility index (Phi) is 7.00. The highest BCUT2D eigenvalue weighted by Gasteiger charge is 2.27. The van der Waals surface area contributed by atoms with E-state index in [1.807, 2.05) is 25.2 Å². The molecule has 1 aliphatic carbocycles. The number of hydrogen-bond acceptors (Lipinski definition) is 4. The SMILES string of the molecule is CCOC(CNC(c1cccs1)C1CCCC1)OCC. The van der Waals surface area contributed by atoms with Gasteiger partial charge in [0.15, 0.2) is 6.29 Å². The second-order valence-corrected chi connectivity index (χ2v) is 6.27. The van der Waals surface area contributed by atoms with E-state index >= 15 is 0 Å². The average Bonchev–Trinajstić information content (AvgIpc) is 3.13. The van der Waals surface area contributed by atoms with Crippen LogP contribution in [0.5, 0.6) is 0 Å². The van der Waals surface area contributed by atoms with Crippen LogP contribution in [0.25, 0.3) is 0 Å². The van der Waals surface area contributed by atoms with Gasteiger partial charge in [-0.2, -0.15) is 0 Å². The maximum atomic E-state index is 5.63. The van der Waals surface area contributed by atoms with Gasteiger partial charge in [0.1, 0.15) is 0 Å². The normalized spacial score (nSPS) is 17.9. The van der Waals surface area contributed by atoms with E-state index in [1.54, 1.807) is 0 Å². The Bertz CT molecular complexity index is 343. The largest absolute Gasteiger partial charge is 0.352 e. The van der Waals surface area contributed by atoms with E-state index in [0.717, 1.165) is 12.5 Å². The van der Waals surface area contributed by atoms with Crippen molar-refractivity contribution in [1.82, 2.24) is 5.32 Å². The Labute approximate surface area is 126 Å². The first kappa shape index (κ1) is 16.0. The molecule has 0 spiro atoms. The molecule has 0 radical (unpaired) electrons. The lowest BCUT2D eigenvalue weighted by Crippen LogP contribution is -2.36. The number of nitrogens with one attached hydrogen (secondary N) is 1. The van der Waals surface area contributed by atoms with Crippen molar-refractivity contribution >= 4 is 11.3 Å². The zero-order valence-electron chi connectivity index (χ0n) is 12.6. The van der Waals surface area contributed by atoms with Crippen molar-refractivity contribution in [3.05, 3.63) is 22.4 Å². The molecule has 1 saturated carbocycles. The van der Waals surface area contributed by atoms with Crippen LogP contribution in [0.3, 0.4) is 0 Å². The van der Waals surface area contributed by atoms with Crippen LogP contribution in [-0.2, 0) is 9.47 Å². The molecule has 0 bridgehead atoms. The smallest absolute Gasteiger partial charge is 0.169 e. The molecule has 1 aliphatic rings. The highest BCUT2D eigenvalue weighted by molar-refractivity contribution is 7.10. The van der Waals surface area contributed by atoms with E-state index in [1.165, 1.54) is 30.6 Å². The molecular weight excluding hydrogens is 270 g/mol. The first-order chi connectivity index (χ1) is 9.85. The summed E-state index contributed by atoms with van der Waals surface area (Å²) in [6.07, 6.45) is 5.28. The molecular formula is C16H27NO2S. The molecule has 0 amide bonds. The summed E-state index contributed by atoms with van der Waals surface area (Å²) in [5.74, 6) is 0.762. The van der Waals surface area contributed by atoms with Gasteiger partial charge in [0.05, 0.1) is 0 Å². The summed E-state index contributed by atoms with van der Waals surface area (Å²) in [4.78, 5) is 1.45. The van der Waals surface area contributed by atoms with E-state index in [0.29, 0.717) is 19.3 Å². The summed E-state index contributed by atoms with van der Waals surface area (Å²) in [6.45, 7) is 6.18. The quantitative estimate of drug-likeness (QED) is 0.700. The van der Waals surface area contributed by atoms with Gasteiger partial charge in [0, 0.05) is 30.7 Å². The van der Waals surface area contributed by atoms with Crippen molar-refractivity contribution < 1.29 is 9.47 Å². The van der Waals surface area contributed by atoms with Crippen molar-refractivity contribution in [2.24, 2.45) is 5.92 Å². The molecule has 0 aliphatic heterocycles. The second-order valence-electron chi connectivity index (χ2n) is 5.29. The molecule has 1 N–H and O–H groups in total. The lowest BCUT2D eigenvalue weighted by atomic mass is 9.97. The Morgan fingerprint density at radius 2 is 1.95 bits per heavy atom. The molecule has 1 atom stereocenters. The van der Waals surface area contributed by atoms with Crippen LogP contribution in [0.2, 0.25) is 0 Å². The maximum Gasteiger partial charge on any atom is 0.169 e. The van der Waals surface area contributed by atoms with Gasteiger partial charge in [-0.3, -0.25) is 0 Å².